The monoisotopic (exact) mass is 278 g/mol. The summed E-state index contributed by atoms with van der Waals surface area (Å²) >= 11 is 0. The Labute approximate surface area is 121 Å². The van der Waals surface area contributed by atoms with Crippen LogP contribution in [-0.4, -0.2) is 30.4 Å². The Bertz CT molecular complexity index is 432. The molecule has 1 aromatic rings. The van der Waals surface area contributed by atoms with Crippen molar-refractivity contribution in [1.29, 1.82) is 0 Å². The molecule has 0 saturated carbocycles. The highest BCUT2D eigenvalue weighted by Gasteiger charge is 2.22. The smallest absolute Gasteiger partial charge is 0.123 e. The zero-order valence-corrected chi connectivity index (χ0v) is 12.5. The van der Waals surface area contributed by atoms with Crippen molar-refractivity contribution in [2.45, 2.75) is 51.7 Å². The van der Waals surface area contributed by atoms with E-state index in [4.69, 9.17) is 10.5 Å². The number of hydrogen-bond donors (Lipinski definition) is 2. The lowest BCUT2D eigenvalue weighted by molar-refractivity contribution is 0.242. The largest absolute Gasteiger partial charge is 0.491 e. The molecule has 4 nitrogen and oxygen atoms in total. The predicted octanol–water partition coefficient (Wildman–Crippen LogP) is 2.80. The van der Waals surface area contributed by atoms with Gasteiger partial charge in [0.05, 0.1) is 6.10 Å². The molecule has 0 aliphatic carbocycles. The van der Waals surface area contributed by atoms with Gasteiger partial charge in [-0.1, -0.05) is 0 Å². The van der Waals surface area contributed by atoms with Crippen molar-refractivity contribution in [3.8, 4) is 5.75 Å². The lowest BCUT2D eigenvalue weighted by atomic mass is 9.98. The molecule has 20 heavy (non-hydrogen) atoms. The molecule has 1 aliphatic heterocycles. The molecule has 1 saturated heterocycles. The molecule has 3 N–H and O–H groups in total. The molecule has 1 atom stereocenters. The topological polar surface area (TPSA) is 58.7 Å². The van der Waals surface area contributed by atoms with E-state index in [1.165, 1.54) is 12.8 Å². The molecule has 1 heterocycles. The molecular formula is C16H26N2O2. The lowest BCUT2D eigenvalue weighted by Gasteiger charge is -2.37. The van der Waals surface area contributed by atoms with E-state index in [1.54, 1.807) is 0 Å². The third kappa shape index (κ3) is 3.79. The van der Waals surface area contributed by atoms with Crippen LogP contribution in [0.15, 0.2) is 18.2 Å². The second-order valence-corrected chi connectivity index (χ2v) is 5.78. The van der Waals surface area contributed by atoms with Crippen LogP contribution in [0.5, 0.6) is 5.75 Å². The Morgan fingerprint density at radius 2 is 2.15 bits per heavy atom. The molecule has 4 heteroatoms. The Hall–Kier alpha value is -1.42. The molecule has 1 unspecified atom stereocenters. The lowest BCUT2D eigenvalue weighted by Crippen LogP contribution is -2.40. The molecule has 2 rings (SSSR count). The van der Waals surface area contributed by atoms with Gasteiger partial charge in [-0.05, 0) is 45.6 Å². The third-order valence-corrected chi connectivity index (χ3v) is 3.71. The zero-order valence-electron chi connectivity index (χ0n) is 12.5. The number of nitrogen functional groups attached to an aromatic ring is 1. The van der Waals surface area contributed by atoms with Crippen molar-refractivity contribution in [2.24, 2.45) is 0 Å². The van der Waals surface area contributed by atoms with Crippen LogP contribution < -0.4 is 15.4 Å². The molecule has 0 aromatic heterocycles. The first-order valence-electron chi connectivity index (χ1n) is 7.55. The highest BCUT2D eigenvalue weighted by atomic mass is 16.5. The second-order valence-electron chi connectivity index (χ2n) is 5.78. The number of ether oxygens (including phenoxy) is 1. The third-order valence-electron chi connectivity index (χ3n) is 3.71. The molecule has 0 amide bonds. The Morgan fingerprint density at radius 3 is 2.85 bits per heavy atom. The van der Waals surface area contributed by atoms with E-state index in [0.717, 1.165) is 36.5 Å². The summed E-state index contributed by atoms with van der Waals surface area (Å²) in [4.78, 5) is 2.36. The van der Waals surface area contributed by atoms with Gasteiger partial charge in [0.15, 0.2) is 0 Å². The van der Waals surface area contributed by atoms with E-state index in [9.17, 15) is 5.11 Å². The first-order chi connectivity index (χ1) is 9.60. The van der Waals surface area contributed by atoms with E-state index in [0.29, 0.717) is 6.04 Å². The van der Waals surface area contributed by atoms with Crippen LogP contribution in [0.25, 0.3) is 0 Å². The van der Waals surface area contributed by atoms with Crippen LogP contribution in [0.2, 0.25) is 0 Å². The van der Waals surface area contributed by atoms with Gasteiger partial charge >= 0.3 is 0 Å². The molecule has 112 valence electrons. The van der Waals surface area contributed by atoms with Gasteiger partial charge in [-0.25, -0.2) is 0 Å². The van der Waals surface area contributed by atoms with E-state index in [1.807, 2.05) is 26.0 Å². The summed E-state index contributed by atoms with van der Waals surface area (Å²) in [5.74, 6) is 0.823. The van der Waals surface area contributed by atoms with Crippen molar-refractivity contribution in [1.82, 2.24) is 0 Å². The van der Waals surface area contributed by atoms with Gasteiger partial charge in [-0.3, -0.25) is 0 Å². The molecule has 1 fully saturated rings. The number of benzene rings is 1. The molecular weight excluding hydrogens is 252 g/mol. The molecule has 1 aliphatic rings. The summed E-state index contributed by atoms with van der Waals surface area (Å²) in [6, 6.07) is 6.34. The number of nitrogens with two attached hydrogens (primary N) is 1. The Balaban J connectivity index is 2.22. The van der Waals surface area contributed by atoms with Crippen molar-refractivity contribution in [2.75, 3.05) is 23.8 Å². The van der Waals surface area contributed by atoms with Crippen molar-refractivity contribution in [3.63, 3.8) is 0 Å². The van der Waals surface area contributed by atoms with Gasteiger partial charge < -0.3 is 20.5 Å². The van der Waals surface area contributed by atoms with E-state index < -0.39 is 0 Å². The molecule has 0 radical (unpaired) electrons. The van der Waals surface area contributed by atoms with Crippen LogP contribution in [0.3, 0.4) is 0 Å². The van der Waals surface area contributed by atoms with Crippen LogP contribution in [0.1, 0.15) is 39.5 Å². The van der Waals surface area contributed by atoms with E-state index in [-0.39, 0.29) is 12.7 Å². The first kappa shape index (κ1) is 15.0. The number of aliphatic hydroxyl groups excluding tert-OH is 1. The average Bonchev–Trinajstić information content (AvgIpc) is 2.38. The standard InChI is InChI=1S/C16H26N2O2/c1-12(2)20-16-10-13(17)9-15(11-16)18-7-4-3-5-14(18)6-8-19/h9-12,14,19H,3-8,17H2,1-2H3. The SMILES string of the molecule is CC(C)Oc1cc(N)cc(N2CCCCC2CCO)c1. The van der Waals surface area contributed by atoms with Crippen molar-refractivity contribution in [3.05, 3.63) is 18.2 Å². The van der Waals surface area contributed by atoms with Gasteiger partial charge in [-0.15, -0.1) is 0 Å². The summed E-state index contributed by atoms with van der Waals surface area (Å²) in [6.07, 6.45) is 4.51. The summed E-state index contributed by atoms with van der Waals surface area (Å²) < 4.78 is 5.77. The maximum absolute atomic E-state index is 9.24. The molecule has 0 spiro atoms. The normalized spacial score (nSPS) is 19.4. The fourth-order valence-electron chi connectivity index (χ4n) is 2.90. The Kier molecular flexibility index (Phi) is 5.12. The summed E-state index contributed by atoms with van der Waals surface area (Å²) in [5.41, 5.74) is 7.84. The van der Waals surface area contributed by atoms with Gasteiger partial charge in [0, 0.05) is 42.7 Å². The number of hydrogen-bond acceptors (Lipinski definition) is 4. The summed E-state index contributed by atoms with van der Waals surface area (Å²) in [6.45, 7) is 5.28. The fourth-order valence-corrected chi connectivity index (χ4v) is 2.90. The number of nitrogens with zero attached hydrogens (tertiary/aromatic N) is 1. The maximum atomic E-state index is 9.24. The molecule has 0 bridgehead atoms. The highest BCUT2D eigenvalue weighted by molar-refractivity contribution is 5.61. The predicted molar refractivity (Wildman–Crippen MR) is 83.3 cm³/mol. The molecule has 1 aromatic carbocycles. The van der Waals surface area contributed by atoms with Crippen molar-refractivity contribution < 1.29 is 9.84 Å². The zero-order chi connectivity index (χ0) is 14.5. The van der Waals surface area contributed by atoms with Gasteiger partial charge in [0.1, 0.15) is 5.75 Å². The van der Waals surface area contributed by atoms with Crippen LogP contribution in [0.4, 0.5) is 11.4 Å². The highest BCUT2D eigenvalue weighted by Crippen LogP contribution is 2.31. The summed E-state index contributed by atoms with van der Waals surface area (Å²) in [7, 11) is 0. The van der Waals surface area contributed by atoms with Crippen LogP contribution in [-0.2, 0) is 0 Å². The van der Waals surface area contributed by atoms with Crippen LogP contribution in [0, 0.1) is 0 Å². The Morgan fingerprint density at radius 1 is 1.35 bits per heavy atom. The van der Waals surface area contributed by atoms with E-state index >= 15 is 0 Å². The fraction of sp³-hybridized carbons (Fsp3) is 0.625. The minimum atomic E-state index is 0.138. The second kappa shape index (κ2) is 6.84. The maximum Gasteiger partial charge on any atom is 0.123 e. The first-order valence-corrected chi connectivity index (χ1v) is 7.55. The van der Waals surface area contributed by atoms with Crippen LogP contribution >= 0.6 is 0 Å². The number of anilines is 2. The number of rotatable bonds is 5. The minimum absolute atomic E-state index is 0.138. The number of aliphatic hydroxyl groups is 1. The quantitative estimate of drug-likeness (QED) is 0.813. The minimum Gasteiger partial charge on any atom is -0.491 e. The van der Waals surface area contributed by atoms with Crippen molar-refractivity contribution >= 4 is 11.4 Å². The van der Waals surface area contributed by atoms with Gasteiger partial charge in [-0.2, -0.15) is 0 Å². The van der Waals surface area contributed by atoms with Gasteiger partial charge in [0.2, 0.25) is 0 Å². The summed E-state index contributed by atoms with van der Waals surface area (Å²) in [5, 5.41) is 9.24. The van der Waals surface area contributed by atoms with Gasteiger partial charge in [0.25, 0.3) is 0 Å². The number of piperidine rings is 1. The van der Waals surface area contributed by atoms with E-state index in [2.05, 4.69) is 11.0 Å². The average molecular weight is 278 g/mol.